The molecule has 0 aliphatic rings. The normalized spacial score (nSPS) is 10.0. The van der Waals surface area contributed by atoms with Crippen molar-refractivity contribution in [1.82, 2.24) is 0 Å². The largest absolute Gasteiger partial charge is 0.490 e. The summed E-state index contributed by atoms with van der Waals surface area (Å²) >= 11 is 0. The van der Waals surface area contributed by atoms with E-state index in [9.17, 15) is 0 Å². The molecule has 0 unspecified atom stereocenters. The van der Waals surface area contributed by atoms with Crippen molar-refractivity contribution in [3.8, 4) is 5.75 Å². The summed E-state index contributed by atoms with van der Waals surface area (Å²) in [5.41, 5.74) is 3.53. The highest BCUT2D eigenvalue weighted by molar-refractivity contribution is 5.69. The molecule has 0 saturated carbocycles. The number of rotatable bonds is 7. The topological polar surface area (TPSA) is 24.5 Å². The van der Waals surface area contributed by atoms with Gasteiger partial charge in [0.1, 0.15) is 12.4 Å². The van der Waals surface area contributed by atoms with Crippen molar-refractivity contribution in [2.75, 3.05) is 30.9 Å². The average molecular weight is 282 g/mol. The third-order valence-electron chi connectivity index (χ3n) is 3.16. The van der Waals surface area contributed by atoms with Crippen LogP contribution in [0.15, 0.2) is 61.2 Å². The second-order valence-corrected chi connectivity index (χ2v) is 5.01. The monoisotopic (exact) mass is 282 g/mol. The van der Waals surface area contributed by atoms with E-state index in [-0.39, 0.29) is 0 Å². The van der Waals surface area contributed by atoms with Gasteiger partial charge in [0, 0.05) is 20.6 Å². The smallest absolute Gasteiger partial charge is 0.119 e. The van der Waals surface area contributed by atoms with Crippen LogP contribution < -0.4 is 15.0 Å². The van der Waals surface area contributed by atoms with Crippen LogP contribution in [0, 0.1) is 0 Å². The molecule has 0 bridgehead atoms. The van der Waals surface area contributed by atoms with Gasteiger partial charge in [0.2, 0.25) is 0 Å². The highest BCUT2D eigenvalue weighted by atomic mass is 16.5. The lowest BCUT2D eigenvalue weighted by atomic mass is 10.2. The molecule has 0 atom stereocenters. The molecule has 3 nitrogen and oxygen atoms in total. The maximum absolute atomic E-state index is 5.48. The molecule has 0 radical (unpaired) electrons. The summed E-state index contributed by atoms with van der Waals surface area (Å²) in [6.45, 7) is 4.96. The van der Waals surface area contributed by atoms with Gasteiger partial charge >= 0.3 is 0 Å². The van der Waals surface area contributed by atoms with Crippen molar-refractivity contribution in [2.24, 2.45) is 0 Å². The molecule has 21 heavy (non-hydrogen) atoms. The van der Waals surface area contributed by atoms with Crippen LogP contribution in [0.4, 0.5) is 11.4 Å². The van der Waals surface area contributed by atoms with Crippen LogP contribution in [-0.4, -0.2) is 20.7 Å². The molecule has 0 amide bonds. The second-order valence-electron chi connectivity index (χ2n) is 5.01. The van der Waals surface area contributed by atoms with E-state index >= 15 is 0 Å². The quantitative estimate of drug-likeness (QED) is 0.779. The molecule has 2 aromatic carbocycles. The van der Waals surface area contributed by atoms with Gasteiger partial charge in [0.15, 0.2) is 0 Å². The molecule has 2 rings (SSSR count). The summed E-state index contributed by atoms with van der Waals surface area (Å²) in [4.78, 5) is 2.11. The van der Waals surface area contributed by atoms with E-state index in [0.29, 0.717) is 6.61 Å². The summed E-state index contributed by atoms with van der Waals surface area (Å²) in [5.74, 6) is 0.868. The first-order chi connectivity index (χ1) is 10.2. The van der Waals surface area contributed by atoms with E-state index in [4.69, 9.17) is 4.74 Å². The van der Waals surface area contributed by atoms with E-state index in [0.717, 1.165) is 18.0 Å². The number of nitrogens with zero attached hydrogens (tertiary/aromatic N) is 1. The maximum Gasteiger partial charge on any atom is 0.119 e. The fourth-order valence-corrected chi connectivity index (χ4v) is 2.07. The van der Waals surface area contributed by atoms with Gasteiger partial charge in [-0.05, 0) is 29.8 Å². The van der Waals surface area contributed by atoms with Crippen LogP contribution in [0.1, 0.15) is 5.56 Å². The first kappa shape index (κ1) is 15.0. The van der Waals surface area contributed by atoms with E-state index in [1.165, 1.54) is 11.3 Å². The predicted molar refractivity (Wildman–Crippen MR) is 90.2 cm³/mol. The van der Waals surface area contributed by atoms with Crippen molar-refractivity contribution >= 4 is 11.4 Å². The van der Waals surface area contributed by atoms with E-state index < -0.39 is 0 Å². The Bertz CT molecular complexity index is 576. The van der Waals surface area contributed by atoms with Crippen LogP contribution in [0.3, 0.4) is 0 Å². The molecule has 0 aliphatic heterocycles. The molecular weight excluding hydrogens is 260 g/mol. The second kappa shape index (κ2) is 7.39. The molecule has 0 aliphatic carbocycles. The van der Waals surface area contributed by atoms with Crippen LogP contribution in [0.2, 0.25) is 0 Å². The number of hydrogen-bond acceptors (Lipinski definition) is 3. The Morgan fingerprint density at radius 2 is 1.81 bits per heavy atom. The fourth-order valence-electron chi connectivity index (χ4n) is 2.07. The average Bonchev–Trinajstić information content (AvgIpc) is 2.52. The zero-order valence-corrected chi connectivity index (χ0v) is 12.7. The summed E-state index contributed by atoms with van der Waals surface area (Å²) in [6, 6.07) is 16.4. The van der Waals surface area contributed by atoms with Crippen LogP contribution in [0.25, 0.3) is 0 Å². The highest BCUT2D eigenvalue weighted by Crippen LogP contribution is 2.24. The zero-order chi connectivity index (χ0) is 15.1. The van der Waals surface area contributed by atoms with Crippen molar-refractivity contribution in [3.05, 3.63) is 66.7 Å². The Kier molecular flexibility index (Phi) is 5.27. The molecule has 0 fully saturated rings. The zero-order valence-electron chi connectivity index (χ0n) is 12.7. The number of para-hydroxylation sites is 2. The Morgan fingerprint density at radius 3 is 2.48 bits per heavy atom. The minimum Gasteiger partial charge on any atom is -0.490 e. The van der Waals surface area contributed by atoms with Crippen LogP contribution in [-0.2, 0) is 6.54 Å². The Hall–Kier alpha value is -2.42. The predicted octanol–water partition coefficient (Wildman–Crippen LogP) is 3.93. The lowest BCUT2D eigenvalue weighted by Gasteiger charge is -2.18. The number of anilines is 2. The highest BCUT2D eigenvalue weighted by Gasteiger charge is 2.03. The lowest BCUT2D eigenvalue weighted by Crippen LogP contribution is -2.12. The molecule has 1 N–H and O–H groups in total. The van der Waals surface area contributed by atoms with E-state index in [1.807, 2.05) is 38.4 Å². The molecule has 3 heteroatoms. The molecular formula is C18H22N2O. The fraction of sp³-hybridized carbons (Fsp3) is 0.222. The van der Waals surface area contributed by atoms with Crippen molar-refractivity contribution < 1.29 is 4.74 Å². The summed E-state index contributed by atoms with van der Waals surface area (Å²) in [6.07, 6.45) is 1.74. The van der Waals surface area contributed by atoms with Gasteiger partial charge < -0.3 is 15.0 Å². The summed E-state index contributed by atoms with van der Waals surface area (Å²) in [7, 11) is 4.10. The third kappa shape index (κ3) is 4.28. The molecule has 0 spiro atoms. The lowest BCUT2D eigenvalue weighted by molar-refractivity contribution is 0.363. The summed E-state index contributed by atoms with van der Waals surface area (Å²) in [5, 5.41) is 3.47. The number of nitrogens with one attached hydrogen (secondary N) is 1. The maximum atomic E-state index is 5.48. The molecule has 0 saturated heterocycles. The summed E-state index contributed by atoms with van der Waals surface area (Å²) < 4.78 is 5.48. The van der Waals surface area contributed by atoms with Crippen molar-refractivity contribution in [2.45, 2.75) is 6.54 Å². The van der Waals surface area contributed by atoms with Gasteiger partial charge in [-0.25, -0.2) is 0 Å². The number of hydrogen-bond donors (Lipinski definition) is 1. The molecule has 2 aromatic rings. The van der Waals surface area contributed by atoms with Gasteiger partial charge in [-0.3, -0.25) is 0 Å². The van der Waals surface area contributed by atoms with E-state index in [1.54, 1.807) is 6.08 Å². The third-order valence-corrected chi connectivity index (χ3v) is 3.16. The van der Waals surface area contributed by atoms with Gasteiger partial charge in [-0.15, -0.1) is 0 Å². The standard InChI is InChI=1S/C18H22N2O/c1-4-13-21-16-11-9-15(10-12-16)14-19-17-7-5-6-8-18(17)20(2)3/h4-12,19H,1,13-14H2,2-3H3. The minimum atomic E-state index is 0.536. The minimum absolute atomic E-state index is 0.536. The Balaban J connectivity index is 1.98. The van der Waals surface area contributed by atoms with E-state index in [2.05, 4.69) is 41.1 Å². The van der Waals surface area contributed by atoms with Crippen LogP contribution >= 0.6 is 0 Å². The van der Waals surface area contributed by atoms with Gasteiger partial charge in [0.25, 0.3) is 0 Å². The Morgan fingerprint density at radius 1 is 1.10 bits per heavy atom. The number of benzene rings is 2. The number of ether oxygens (including phenoxy) is 1. The first-order valence-corrected chi connectivity index (χ1v) is 7.03. The van der Waals surface area contributed by atoms with Gasteiger partial charge in [0.05, 0.1) is 11.4 Å². The molecule has 110 valence electrons. The molecule has 0 heterocycles. The van der Waals surface area contributed by atoms with Crippen molar-refractivity contribution in [1.29, 1.82) is 0 Å². The van der Waals surface area contributed by atoms with Crippen molar-refractivity contribution in [3.63, 3.8) is 0 Å². The Labute approximate surface area is 126 Å². The van der Waals surface area contributed by atoms with Gasteiger partial charge in [-0.1, -0.05) is 36.9 Å². The first-order valence-electron chi connectivity index (χ1n) is 7.03. The van der Waals surface area contributed by atoms with Gasteiger partial charge in [-0.2, -0.15) is 0 Å². The molecule has 0 aromatic heterocycles. The SMILES string of the molecule is C=CCOc1ccc(CNc2ccccc2N(C)C)cc1. The van der Waals surface area contributed by atoms with Crippen LogP contribution in [0.5, 0.6) is 5.75 Å².